The van der Waals surface area contributed by atoms with Gasteiger partial charge < -0.3 is 10.4 Å². The predicted molar refractivity (Wildman–Crippen MR) is 72.3 cm³/mol. The molecule has 0 bridgehead atoms. The molecule has 6 heteroatoms. The van der Waals surface area contributed by atoms with Crippen molar-refractivity contribution in [2.24, 2.45) is 5.92 Å². The molecule has 0 aliphatic carbocycles. The molecule has 104 valence electrons. The maximum atomic E-state index is 11.2. The zero-order valence-electron chi connectivity index (χ0n) is 11.2. The van der Waals surface area contributed by atoms with Gasteiger partial charge in [0.2, 0.25) is 0 Å². The highest BCUT2D eigenvalue weighted by Gasteiger charge is 2.26. The van der Waals surface area contributed by atoms with Crippen molar-refractivity contribution in [3.8, 4) is 0 Å². The molecule has 1 aromatic rings. The van der Waals surface area contributed by atoms with Crippen molar-refractivity contribution in [1.82, 2.24) is 0 Å². The second-order valence-corrected chi connectivity index (χ2v) is 4.62. The third kappa shape index (κ3) is 3.67. The van der Waals surface area contributed by atoms with E-state index in [-0.39, 0.29) is 17.3 Å². The van der Waals surface area contributed by atoms with E-state index in [0.717, 1.165) is 5.56 Å². The Morgan fingerprint density at radius 2 is 2.16 bits per heavy atom. The first-order valence-corrected chi connectivity index (χ1v) is 6.11. The summed E-state index contributed by atoms with van der Waals surface area (Å²) in [6.07, 6.45) is 0.670. The van der Waals surface area contributed by atoms with Crippen molar-refractivity contribution in [3.05, 3.63) is 33.9 Å². The fourth-order valence-corrected chi connectivity index (χ4v) is 1.78. The van der Waals surface area contributed by atoms with Crippen LogP contribution in [0.15, 0.2) is 18.2 Å². The normalized spacial score (nSPS) is 13.6. The number of nitrogens with one attached hydrogen (secondary N) is 1. The lowest BCUT2D eigenvalue weighted by Crippen LogP contribution is -2.35. The number of hydrogen-bond acceptors (Lipinski definition) is 4. The Morgan fingerprint density at radius 1 is 1.53 bits per heavy atom. The largest absolute Gasteiger partial charge is 0.480 e. The second-order valence-electron chi connectivity index (χ2n) is 4.62. The number of carboxylic acids is 1. The van der Waals surface area contributed by atoms with Crippen LogP contribution < -0.4 is 5.32 Å². The zero-order valence-corrected chi connectivity index (χ0v) is 11.2. The van der Waals surface area contributed by atoms with Crippen LogP contribution in [0, 0.1) is 23.0 Å². The van der Waals surface area contributed by atoms with Crippen LogP contribution in [0.25, 0.3) is 0 Å². The summed E-state index contributed by atoms with van der Waals surface area (Å²) in [5.41, 5.74) is 0.972. The van der Waals surface area contributed by atoms with Gasteiger partial charge >= 0.3 is 5.97 Å². The van der Waals surface area contributed by atoms with Crippen molar-refractivity contribution < 1.29 is 14.8 Å². The monoisotopic (exact) mass is 266 g/mol. The summed E-state index contributed by atoms with van der Waals surface area (Å²) in [7, 11) is 0. The van der Waals surface area contributed by atoms with Gasteiger partial charge in [0.05, 0.1) is 4.92 Å². The van der Waals surface area contributed by atoms with E-state index in [4.69, 9.17) is 0 Å². The summed E-state index contributed by atoms with van der Waals surface area (Å²) in [5, 5.41) is 22.9. The second kappa shape index (κ2) is 6.17. The predicted octanol–water partition coefficient (Wildman–Crippen LogP) is 2.81. The minimum atomic E-state index is -1.01. The van der Waals surface area contributed by atoms with Crippen LogP contribution in [-0.4, -0.2) is 22.0 Å². The van der Waals surface area contributed by atoms with Crippen molar-refractivity contribution in [1.29, 1.82) is 0 Å². The minimum absolute atomic E-state index is 0.111. The van der Waals surface area contributed by atoms with E-state index in [0.29, 0.717) is 6.42 Å². The van der Waals surface area contributed by atoms with Gasteiger partial charge in [-0.1, -0.05) is 26.3 Å². The van der Waals surface area contributed by atoms with Gasteiger partial charge in [-0.2, -0.15) is 0 Å². The standard InChI is InChI=1S/C13H18N2O4/c1-4-9(3)12(13(16)17)14-10-7-8(2)5-6-11(10)15(18)19/h5-7,9,12,14H,4H2,1-3H3,(H,16,17)/t9-,12-/m0/s1. The molecule has 1 rings (SSSR count). The number of carbonyl (C=O) groups is 1. The Kier molecular flexibility index (Phi) is 4.86. The maximum Gasteiger partial charge on any atom is 0.326 e. The van der Waals surface area contributed by atoms with Crippen molar-refractivity contribution in [3.63, 3.8) is 0 Å². The van der Waals surface area contributed by atoms with Gasteiger partial charge in [0.15, 0.2) is 0 Å². The molecule has 1 aromatic carbocycles. The van der Waals surface area contributed by atoms with E-state index >= 15 is 0 Å². The summed E-state index contributed by atoms with van der Waals surface area (Å²) in [4.78, 5) is 21.7. The number of aryl methyl sites for hydroxylation is 1. The van der Waals surface area contributed by atoms with Crippen LogP contribution in [0.1, 0.15) is 25.8 Å². The lowest BCUT2D eigenvalue weighted by molar-refractivity contribution is -0.384. The molecule has 0 fully saturated rings. The molecule has 6 nitrogen and oxygen atoms in total. The molecular weight excluding hydrogens is 248 g/mol. The van der Waals surface area contributed by atoms with Crippen LogP contribution >= 0.6 is 0 Å². The number of rotatable bonds is 6. The van der Waals surface area contributed by atoms with Gasteiger partial charge in [-0.3, -0.25) is 10.1 Å². The first kappa shape index (κ1) is 14.9. The molecule has 0 unspecified atom stereocenters. The Morgan fingerprint density at radius 3 is 2.63 bits per heavy atom. The number of benzene rings is 1. The number of nitrogens with zero attached hydrogens (tertiary/aromatic N) is 1. The third-order valence-electron chi connectivity index (χ3n) is 3.14. The van der Waals surface area contributed by atoms with Crippen molar-refractivity contribution in [2.75, 3.05) is 5.32 Å². The van der Waals surface area contributed by atoms with Crippen LogP contribution in [0.3, 0.4) is 0 Å². The molecule has 0 heterocycles. The summed E-state index contributed by atoms with van der Waals surface area (Å²) >= 11 is 0. The van der Waals surface area contributed by atoms with Gasteiger partial charge in [-0.25, -0.2) is 4.79 Å². The Bertz CT molecular complexity index is 488. The van der Waals surface area contributed by atoms with Gasteiger partial charge in [0.1, 0.15) is 11.7 Å². The quantitative estimate of drug-likeness (QED) is 0.610. The summed E-state index contributed by atoms with van der Waals surface area (Å²) < 4.78 is 0. The Hall–Kier alpha value is -2.11. The number of carboxylic acid groups (broad SMARTS) is 1. The Balaban J connectivity index is 3.11. The lowest BCUT2D eigenvalue weighted by Gasteiger charge is -2.21. The molecule has 0 aromatic heterocycles. The van der Waals surface area contributed by atoms with E-state index in [1.54, 1.807) is 26.0 Å². The molecule has 2 atom stereocenters. The summed E-state index contributed by atoms with van der Waals surface area (Å²) in [6, 6.07) is 3.76. The van der Waals surface area contributed by atoms with E-state index in [2.05, 4.69) is 5.32 Å². The molecule has 0 amide bonds. The van der Waals surface area contributed by atoms with Crippen molar-refractivity contribution in [2.45, 2.75) is 33.2 Å². The third-order valence-corrected chi connectivity index (χ3v) is 3.14. The summed E-state index contributed by atoms with van der Waals surface area (Å²) in [5.74, 6) is -1.14. The van der Waals surface area contributed by atoms with Gasteiger partial charge in [-0.05, 0) is 24.5 Å². The topological polar surface area (TPSA) is 92.5 Å². The molecule has 19 heavy (non-hydrogen) atoms. The maximum absolute atomic E-state index is 11.2. The van der Waals surface area contributed by atoms with E-state index < -0.39 is 16.9 Å². The first-order chi connectivity index (χ1) is 8.86. The number of nitro groups is 1. The Labute approximate surface area is 111 Å². The van der Waals surface area contributed by atoms with Crippen LogP contribution in [0.5, 0.6) is 0 Å². The van der Waals surface area contributed by atoms with E-state index in [1.807, 2.05) is 6.92 Å². The minimum Gasteiger partial charge on any atom is -0.480 e. The number of nitro benzene ring substituents is 1. The smallest absolute Gasteiger partial charge is 0.326 e. The van der Waals surface area contributed by atoms with Crippen LogP contribution in [0.2, 0.25) is 0 Å². The molecule has 0 aliphatic rings. The fourth-order valence-electron chi connectivity index (χ4n) is 1.78. The number of hydrogen-bond donors (Lipinski definition) is 2. The highest BCUT2D eigenvalue weighted by atomic mass is 16.6. The number of anilines is 1. The lowest BCUT2D eigenvalue weighted by atomic mass is 9.98. The van der Waals surface area contributed by atoms with E-state index in [9.17, 15) is 20.0 Å². The van der Waals surface area contributed by atoms with Crippen LogP contribution in [-0.2, 0) is 4.79 Å². The highest BCUT2D eigenvalue weighted by Crippen LogP contribution is 2.27. The average molecular weight is 266 g/mol. The molecule has 0 aliphatic heterocycles. The van der Waals surface area contributed by atoms with Crippen molar-refractivity contribution >= 4 is 17.3 Å². The SMILES string of the molecule is CC[C@H](C)[C@H](Nc1cc(C)ccc1[N+](=O)[O-])C(=O)O. The van der Waals surface area contributed by atoms with E-state index in [1.165, 1.54) is 6.07 Å². The average Bonchev–Trinajstić information content (AvgIpc) is 2.34. The highest BCUT2D eigenvalue weighted by molar-refractivity contribution is 5.79. The molecule has 0 saturated heterocycles. The molecule has 0 saturated carbocycles. The first-order valence-electron chi connectivity index (χ1n) is 6.11. The fraction of sp³-hybridized carbons (Fsp3) is 0.462. The van der Waals surface area contributed by atoms with Gasteiger partial charge in [0, 0.05) is 6.07 Å². The zero-order chi connectivity index (χ0) is 14.6. The number of aliphatic carboxylic acids is 1. The summed E-state index contributed by atoms with van der Waals surface area (Å²) in [6.45, 7) is 5.48. The van der Waals surface area contributed by atoms with Crippen LogP contribution in [0.4, 0.5) is 11.4 Å². The van der Waals surface area contributed by atoms with Gasteiger partial charge in [-0.15, -0.1) is 0 Å². The molecule has 0 spiro atoms. The molecule has 2 N–H and O–H groups in total. The molecular formula is C13H18N2O4. The molecule has 0 radical (unpaired) electrons. The van der Waals surface area contributed by atoms with Gasteiger partial charge in [0.25, 0.3) is 5.69 Å².